The van der Waals surface area contributed by atoms with Crippen LogP contribution in [0, 0.1) is 13.8 Å². The van der Waals surface area contributed by atoms with Crippen LogP contribution < -0.4 is 0 Å². The first-order chi connectivity index (χ1) is 6.59. The van der Waals surface area contributed by atoms with Crippen LogP contribution in [0.25, 0.3) is 10.9 Å². The molecule has 0 amide bonds. The second kappa shape index (κ2) is 3.14. The van der Waals surface area contributed by atoms with Gasteiger partial charge in [0.1, 0.15) is 5.75 Å². The molecule has 2 aromatic rings. The zero-order valence-corrected chi connectivity index (χ0v) is 8.76. The molecule has 0 bridgehead atoms. The van der Waals surface area contributed by atoms with Gasteiger partial charge in [0.2, 0.25) is 0 Å². The topological polar surface area (TPSA) is 33.1 Å². The Morgan fingerprint density at radius 3 is 2.71 bits per heavy atom. The number of benzene rings is 1. The summed E-state index contributed by atoms with van der Waals surface area (Å²) in [4.78, 5) is 4.35. The fourth-order valence-corrected chi connectivity index (χ4v) is 1.87. The van der Waals surface area contributed by atoms with Gasteiger partial charge in [-0.05, 0) is 31.5 Å². The highest BCUT2D eigenvalue weighted by Crippen LogP contribution is 2.32. The first-order valence-electron chi connectivity index (χ1n) is 4.35. The van der Waals surface area contributed by atoms with Crippen molar-refractivity contribution in [1.29, 1.82) is 0 Å². The second-order valence-electron chi connectivity index (χ2n) is 3.37. The Balaban J connectivity index is 3.00. The van der Waals surface area contributed by atoms with E-state index >= 15 is 0 Å². The summed E-state index contributed by atoms with van der Waals surface area (Å²) in [6.45, 7) is 3.83. The number of halogens is 1. The number of rotatable bonds is 0. The molecule has 72 valence electrons. The highest BCUT2D eigenvalue weighted by molar-refractivity contribution is 6.36. The van der Waals surface area contributed by atoms with Gasteiger partial charge < -0.3 is 5.11 Å². The Bertz CT molecular complexity index is 508. The van der Waals surface area contributed by atoms with Crippen molar-refractivity contribution in [3.63, 3.8) is 0 Å². The molecule has 2 nitrogen and oxygen atoms in total. The zero-order chi connectivity index (χ0) is 10.3. The molecule has 1 aromatic carbocycles. The molecule has 3 heteroatoms. The molecule has 0 aliphatic heterocycles. The minimum atomic E-state index is 0.183. The molecule has 1 aromatic heterocycles. The molecular weight excluding hydrogens is 198 g/mol. The molecule has 2 rings (SSSR count). The van der Waals surface area contributed by atoms with Gasteiger partial charge in [0.15, 0.2) is 0 Å². The quantitative estimate of drug-likeness (QED) is 0.720. The maximum absolute atomic E-state index is 9.64. The largest absolute Gasteiger partial charge is 0.507 e. The summed E-state index contributed by atoms with van der Waals surface area (Å²) in [5, 5.41) is 10.8. The number of nitrogens with zero attached hydrogens (tertiary/aromatic N) is 1. The highest BCUT2D eigenvalue weighted by Gasteiger charge is 2.08. The lowest BCUT2D eigenvalue weighted by Gasteiger charge is -2.06. The van der Waals surface area contributed by atoms with Crippen LogP contribution in [0.15, 0.2) is 18.2 Å². The summed E-state index contributed by atoms with van der Waals surface area (Å²) in [6, 6.07) is 5.23. The number of fused-ring (bicyclic) bond motifs is 1. The van der Waals surface area contributed by atoms with E-state index in [9.17, 15) is 5.11 Å². The van der Waals surface area contributed by atoms with Gasteiger partial charge in [-0.25, -0.2) is 0 Å². The van der Waals surface area contributed by atoms with E-state index in [1.807, 2.05) is 19.9 Å². The average Bonchev–Trinajstić information content (AvgIpc) is 2.10. The summed E-state index contributed by atoms with van der Waals surface area (Å²) < 4.78 is 0. The number of aromatic nitrogens is 1. The first-order valence-corrected chi connectivity index (χ1v) is 4.73. The molecule has 0 atom stereocenters. The van der Waals surface area contributed by atoms with Gasteiger partial charge in [-0.15, -0.1) is 0 Å². The lowest BCUT2D eigenvalue weighted by molar-refractivity contribution is 0.481. The van der Waals surface area contributed by atoms with Crippen LogP contribution in [-0.4, -0.2) is 10.1 Å². The predicted octanol–water partition coefficient (Wildman–Crippen LogP) is 3.21. The van der Waals surface area contributed by atoms with E-state index in [-0.39, 0.29) is 5.75 Å². The number of aryl methyl sites for hydroxylation is 2. The number of hydrogen-bond donors (Lipinski definition) is 1. The van der Waals surface area contributed by atoms with Crippen molar-refractivity contribution < 1.29 is 5.11 Å². The minimum absolute atomic E-state index is 0.183. The van der Waals surface area contributed by atoms with Crippen molar-refractivity contribution in [1.82, 2.24) is 4.98 Å². The van der Waals surface area contributed by atoms with Crippen molar-refractivity contribution in [2.75, 3.05) is 0 Å². The standard InChI is InChI=1S/C11H10ClNO/c1-6-3-4-9(14)10-8(12)5-7(2)13-11(6)10/h3-5,14H,1-2H3. The number of phenols is 1. The molecule has 0 saturated heterocycles. The highest BCUT2D eigenvalue weighted by atomic mass is 35.5. The number of pyridine rings is 1. The molecule has 0 aliphatic rings. The van der Waals surface area contributed by atoms with Crippen LogP contribution in [-0.2, 0) is 0 Å². The van der Waals surface area contributed by atoms with Crippen molar-refractivity contribution in [3.05, 3.63) is 34.5 Å². The Morgan fingerprint density at radius 1 is 1.29 bits per heavy atom. The Kier molecular flexibility index (Phi) is 2.08. The molecule has 0 saturated carbocycles. The summed E-state index contributed by atoms with van der Waals surface area (Å²) in [7, 11) is 0. The van der Waals surface area contributed by atoms with Crippen molar-refractivity contribution in [3.8, 4) is 5.75 Å². The van der Waals surface area contributed by atoms with Crippen LogP contribution in [0.2, 0.25) is 5.02 Å². The van der Waals surface area contributed by atoms with E-state index in [4.69, 9.17) is 11.6 Å². The Labute approximate surface area is 87.2 Å². The Morgan fingerprint density at radius 2 is 2.00 bits per heavy atom. The third kappa shape index (κ3) is 1.32. The lowest BCUT2D eigenvalue weighted by atomic mass is 10.1. The molecule has 0 spiro atoms. The van der Waals surface area contributed by atoms with Crippen molar-refractivity contribution in [2.45, 2.75) is 13.8 Å². The fraction of sp³-hybridized carbons (Fsp3) is 0.182. The van der Waals surface area contributed by atoms with Gasteiger partial charge in [-0.3, -0.25) is 4.98 Å². The SMILES string of the molecule is Cc1cc(Cl)c2c(O)ccc(C)c2n1. The van der Waals surface area contributed by atoms with E-state index in [2.05, 4.69) is 4.98 Å². The molecule has 0 radical (unpaired) electrons. The molecule has 0 aliphatic carbocycles. The maximum Gasteiger partial charge on any atom is 0.126 e. The monoisotopic (exact) mass is 207 g/mol. The summed E-state index contributed by atoms with van der Waals surface area (Å²) in [5.41, 5.74) is 2.65. The summed E-state index contributed by atoms with van der Waals surface area (Å²) >= 11 is 6.04. The molecular formula is C11H10ClNO. The smallest absolute Gasteiger partial charge is 0.126 e. The van der Waals surface area contributed by atoms with Gasteiger partial charge in [0.25, 0.3) is 0 Å². The fourth-order valence-electron chi connectivity index (χ4n) is 1.53. The van der Waals surface area contributed by atoms with E-state index < -0.39 is 0 Å². The second-order valence-corrected chi connectivity index (χ2v) is 3.78. The maximum atomic E-state index is 9.64. The Hall–Kier alpha value is -1.28. The first kappa shape index (κ1) is 9.28. The number of aromatic hydroxyl groups is 1. The molecule has 0 fully saturated rings. The summed E-state index contributed by atoms with van der Waals surface area (Å²) in [5.74, 6) is 0.183. The van der Waals surface area contributed by atoms with Crippen molar-refractivity contribution in [2.24, 2.45) is 0 Å². The van der Waals surface area contributed by atoms with Gasteiger partial charge in [-0.1, -0.05) is 17.7 Å². The molecule has 0 unspecified atom stereocenters. The van der Waals surface area contributed by atoms with E-state index in [1.54, 1.807) is 12.1 Å². The lowest BCUT2D eigenvalue weighted by Crippen LogP contribution is -1.88. The summed E-state index contributed by atoms with van der Waals surface area (Å²) in [6.07, 6.45) is 0. The zero-order valence-electron chi connectivity index (χ0n) is 8.00. The molecule has 14 heavy (non-hydrogen) atoms. The number of hydrogen-bond acceptors (Lipinski definition) is 2. The molecule has 1 N–H and O–H groups in total. The average molecular weight is 208 g/mol. The van der Waals surface area contributed by atoms with Crippen LogP contribution in [0.1, 0.15) is 11.3 Å². The van der Waals surface area contributed by atoms with Gasteiger partial charge >= 0.3 is 0 Å². The third-order valence-electron chi connectivity index (χ3n) is 2.22. The van der Waals surface area contributed by atoms with E-state index in [0.717, 1.165) is 16.8 Å². The van der Waals surface area contributed by atoms with Gasteiger partial charge in [0.05, 0.1) is 15.9 Å². The normalized spacial score (nSPS) is 10.8. The van der Waals surface area contributed by atoms with Gasteiger partial charge in [0, 0.05) is 5.69 Å². The van der Waals surface area contributed by atoms with Crippen LogP contribution in [0.5, 0.6) is 5.75 Å². The predicted molar refractivity (Wildman–Crippen MR) is 57.9 cm³/mol. The van der Waals surface area contributed by atoms with E-state index in [0.29, 0.717) is 10.4 Å². The van der Waals surface area contributed by atoms with E-state index in [1.165, 1.54) is 0 Å². The molecule has 1 heterocycles. The minimum Gasteiger partial charge on any atom is -0.507 e. The van der Waals surface area contributed by atoms with Crippen molar-refractivity contribution >= 4 is 22.5 Å². The van der Waals surface area contributed by atoms with Crippen LogP contribution >= 0.6 is 11.6 Å². The number of phenolic OH excluding ortho intramolecular Hbond substituents is 1. The van der Waals surface area contributed by atoms with Crippen LogP contribution in [0.4, 0.5) is 0 Å². The van der Waals surface area contributed by atoms with Crippen LogP contribution in [0.3, 0.4) is 0 Å². The van der Waals surface area contributed by atoms with Gasteiger partial charge in [-0.2, -0.15) is 0 Å². The third-order valence-corrected chi connectivity index (χ3v) is 2.52.